The van der Waals surface area contributed by atoms with Gasteiger partial charge in [-0.25, -0.2) is 4.98 Å². The highest BCUT2D eigenvalue weighted by atomic mass is 32.1. The van der Waals surface area contributed by atoms with Crippen molar-refractivity contribution in [2.24, 2.45) is 0 Å². The van der Waals surface area contributed by atoms with E-state index in [1.165, 1.54) is 0 Å². The lowest BCUT2D eigenvalue weighted by Gasteiger charge is -2.23. The van der Waals surface area contributed by atoms with Crippen LogP contribution >= 0.6 is 11.3 Å². The van der Waals surface area contributed by atoms with Gasteiger partial charge in [-0.05, 0) is 13.3 Å². The summed E-state index contributed by atoms with van der Waals surface area (Å²) in [5.74, 6) is 0. The van der Waals surface area contributed by atoms with E-state index in [-0.39, 0.29) is 12.0 Å². The van der Waals surface area contributed by atoms with Crippen LogP contribution in [0.2, 0.25) is 0 Å². The third-order valence-electron chi connectivity index (χ3n) is 2.95. The van der Waals surface area contributed by atoms with E-state index < -0.39 is 6.10 Å². The van der Waals surface area contributed by atoms with Crippen LogP contribution < -0.4 is 0 Å². The highest BCUT2D eigenvalue weighted by molar-refractivity contribution is 7.09. The van der Waals surface area contributed by atoms with E-state index in [9.17, 15) is 5.11 Å². The summed E-state index contributed by atoms with van der Waals surface area (Å²) in [5, 5.41) is 21.2. The minimum absolute atomic E-state index is 0.0260. The minimum Gasteiger partial charge on any atom is -0.394 e. The van der Waals surface area contributed by atoms with Crippen LogP contribution in [0.15, 0.2) is 29.7 Å². The van der Waals surface area contributed by atoms with Crippen molar-refractivity contribution < 1.29 is 10.2 Å². The number of hydrogen-bond acceptors (Lipinski definition) is 4. The predicted molar refractivity (Wildman–Crippen MR) is 69.2 cm³/mol. The Bertz CT molecular complexity index is 438. The number of thiazole rings is 1. The van der Waals surface area contributed by atoms with Crippen LogP contribution in [0, 0.1) is 0 Å². The maximum atomic E-state index is 9.38. The zero-order chi connectivity index (χ0) is 12.3. The Morgan fingerprint density at radius 1 is 1.53 bits per heavy atom. The van der Waals surface area contributed by atoms with Crippen molar-refractivity contribution in [3.8, 4) is 0 Å². The lowest BCUT2D eigenvalue weighted by Crippen LogP contribution is -2.20. The Hall–Kier alpha value is -0.970. The zero-order valence-electron chi connectivity index (χ0n) is 9.84. The molecule has 1 aromatic heterocycles. The average molecular weight is 251 g/mol. The van der Waals surface area contributed by atoms with Gasteiger partial charge >= 0.3 is 0 Å². The summed E-state index contributed by atoms with van der Waals surface area (Å²) >= 11 is 1.62. The Morgan fingerprint density at radius 2 is 2.35 bits per heavy atom. The maximum absolute atomic E-state index is 9.38. The number of allylic oxidation sites excluding steroid dienone is 4. The zero-order valence-corrected chi connectivity index (χ0v) is 10.7. The first-order valence-electron chi connectivity index (χ1n) is 5.72. The van der Waals surface area contributed by atoms with E-state index in [2.05, 4.69) is 24.1 Å². The monoisotopic (exact) mass is 251 g/mol. The van der Waals surface area contributed by atoms with E-state index in [1.807, 2.05) is 17.5 Å². The summed E-state index contributed by atoms with van der Waals surface area (Å²) in [5.41, 5.74) is 0.831. The van der Waals surface area contributed by atoms with Gasteiger partial charge in [-0.1, -0.05) is 24.3 Å². The molecule has 0 spiro atoms. The third kappa shape index (κ3) is 2.83. The molecule has 2 atom stereocenters. The van der Waals surface area contributed by atoms with Crippen LogP contribution in [0.3, 0.4) is 0 Å². The fraction of sp³-hybridized carbons (Fsp3) is 0.462. The molecule has 1 aromatic rings. The SMILES string of the molecule is CC1(c2nc(CC(O)CO)cs2)C=CC=CC1. The quantitative estimate of drug-likeness (QED) is 0.858. The first-order chi connectivity index (χ1) is 8.14. The molecule has 0 amide bonds. The van der Waals surface area contributed by atoms with Gasteiger partial charge in [-0.15, -0.1) is 11.3 Å². The smallest absolute Gasteiger partial charge is 0.103 e. The second kappa shape index (κ2) is 5.12. The van der Waals surface area contributed by atoms with Crippen molar-refractivity contribution in [2.75, 3.05) is 6.61 Å². The second-order valence-electron chi connectivity index (χ2n) is 4.59. The third-order valence-corrected chi connectivity index (χ3v) is 4.12. The molecular weight excluding hydrogens is 234 g/mol. The predicted octanol–water partition coefficient (Wildman–Crippen LogP) is 1.81. The van der Waals surface area contributed by atoms with Crippen molar-refractivity contribution in [1.82, 2.24) is 4.98 Å². The summed E-state index contributed by atoms with van der Waals surface area (Å²) in [6.45, 7) is 1.95. The number of aromatic nitrogens is 1. The molecule has 2 unspecified atom stereocenters. The molecule has 3 nitrogen and oxygen atoms in total. The maximum Gasteiger partial charge on any atom is 0.103 e. The molecular formula is C13H17NO2S. The average Bonchev–Trinajstić information content (AvgIpc) is 2.79. The highest BCUT2D eigenvalue weighted by Crippen LogP contribution is 2.34. The van der Waals surface area contributed by atoms with Crippen molar-refractivity contribution in [3.63, 3.8) is 0 Å². The van der Waals surface area contributed by atoms with Gasteiger partial charge in [0.2, 0.25) is 0 Å². The summed E-state index contributed by atoms with van der Waals surface area (Å²) in [6, 6.07) is 0. The van der Waals surface area contributed by atoms with Crippen LogP contribution in [-0.4, -0.2) is 27.9 Å². The molecule has 17 heavy (non-hydrogen) atoms. The Balaban J connectivity index is 2.12. The van der Waals surface area contributed by atoms with Gasteiger partial charge in [-0.2, -0.15) is 0 Å². The molecule has 4 heteroatoms. The lowest BCUT2D eigenvalue weighted by atomic mass is 9.84. The molecule has 0 saturated heterocycles. The Labute approximate surface area is 105 Å². The normalized spacial score (nSPS) is 25.1. The first kappa shape index (κ1) is 12.5. The molecule has 0 fully saturated rings. The van der Waals surface area contributed by atoms with Crippen LogP contribution in [-0.2, 0) is 11.8 Å². The molecule has 0 saturated carbocycles. The van der Waals surface area contributed by atoms with E-state index in [0.717, 1.165) is 17.1 Å². The van der Waals surface area contributed by atoms with Crippen LogP contribution in [0.25, 0.3) is 0 Å². The summed E-state index contributed by atoms with van der Waals surface area (Å²) < 4.78 is 0. The molecule has 1 aliphatic carbocycles. The van der Waals surface area contributed by atoms with Crippen molar-refractivity contribution in [2.45, 2.75) is 31.3 Å². The van der Waals surface area contributed by atoms with E-state index in [1.54, 1.807) is 11.3 Å². The number of aliphatic hydroxyl groups excluding tert-OH is 2. The van der Waals surface area contributed by atoms with Gasteiger partial charge in [0.1, 0.15) is 5.01 Å². The van der Waals surface area contributed by atoms with Gasteiger partial charge in [0, 0.05) is 17.2 Å². The largest absolute Gasteiger partial charge is 0.394 e. The molecule has 1 heterocycles. The Kier molecular flexibility index (Phi) is 3.76. The molecule has 1 aliphatic rings. The molecule has 0 aliphatic heterocycles. The molecule has 2 rings (SSSR count). The van der Waals surface area contributed by atoms with Gasteiger partial charge < -0.3 is 10.2 Å². The molecule has 0 bridgehead atoms. The van der Waals surface area contributed by atoms with E-state index in [0.29, 0.717) is 6.42 Å². The first-order valence-corrected chi connectivity index (χ1v) is 6.60. The topological polar surface area (TPSA) is 53.4 Å². The minimum atomic E-state index is -0.709. The Morgan fingerprint density at radius 3 is 3.00 bits per heavy atom. The van der Waals surface area contributed by atoms with Gasteiger partial charge in [0.15, 0.2) is 0 Å². The summed E-state index contributed by atoms with van der Waals surface area (Å²) in [4.78, 5) is 4.56. The van der Waals surface area contributed by atoms with Crippen LogP contribution in [0.1, 0.15) is 24.0 Å². The van der Waals surface area contributed by atoms with Gasteiger partial charge in [0.05, 0.1) is 18.4 Å². The molecule has 92 valence electrons. The molecule has 2 N–H and O–H groups in total. The molecule has 0 radical (unpaired) electrons. The number of hydrogen-bond donors (Lipinski definition) is 2. The van der Waals surface area contributed by atoms with E-state index >= 15 is 0 Å². The van der Waals surface area contributed by atoms with E-state index in [4.69, 9.17) is 5.11 Å². The standard InChI is InChI=1S/C13H17NO2S/c1-13(5-3-2-4-6-13)12-14-10(9-17-12)7-11(16)8-15/h2-5,9,11,15-16H,6-8H2,1H3. The van der Waals surface area contributed by atoms with Crippen molar-refractivity contribution in [1.29, 1.82) is 0 Å². The lowest BCUT2D eigenvalue weighted by molar-refractivity contribution is 0.0948. The molecule has 0 aromatic carbocycles. The van der Waals surface area contributed by atoms with Gasteiger partial charge in [-0.3, -0.25) is 0 Å². The fourth-order valence-electron chi connectivity index (χ4n) is 1.86. The van der Waals surface area contributed by atoms with Crippen LogP contribution in [0.4, 0.5) is 0 Å². The van der Waals surface area contributed by atoms with Gasteiger partial charge in [0.25, 0.3) is 0 Å². The van der Waals surface area contributed by atoms with Crippen LogP contribution in [0.5, 0.6) is 0 Å². The summed E-state index contributed by atoms with van der Waals surface area (Å²) in [7, 11) is 0. The highest BCUT2D eigenvalue weighted by Gasteiger charge is 2.27. The fourth-order valence-corrected chi connectivity index (χ4v) is 2.84. The second-order valence-corrected chi connectivity index (χ2v) is 5.45. The van der Waals surface area contributed by atoms with Crippen molar-refractivity contribution >= 4 is 11.3 Å². The number of rotatable bonds is 4. The summed E-state index contributed by atoms with van der Waals surface area (Å²) in [6.07, 6.45) is 9.07. The number of nitrogens with zero attached hydrogens (tertiary/aromatic N) is 1. The van der Waals surface area contributed by atoms with Crippen molar-refractivity contribution in [3.05, 3.63) is 40.4 Å². The number of aliphatic hydroxyl groups is 2.